The highest BCUT2D eigenvalue weighted by atomic mass is 16.5. The lowest BCUT2D eigenvalue weighted by Crippen LogP contribution is -2.39. The van der Waals surface area contributed by atoms with Crippen LogP contribution in [0.4, 0.5) is 0 Å². The number of carbonyl (C=O) groups excluding carboxylic acids is 2. The van der Waals surface area contributed by atoms with E-state index in [2.05, 4.69) is 0 Å². The van der Waals surface area contributed by atoms with E-state index in [0.717, 1.165) is 11.0 Å². The number of amides is 1. The Kier molecular flexibility index (Phi) is 7.30. The molecule has 3 rings (SSSR count). The second kappa shape index (κ2) is 10.1. The Labute approximate surface area is 170 Å². The molecule has 2 heterocycles. The molecule has 2 aromatic rings. The zero-order valence-electron chi connectivity index (χ0n) is 16.9. The number of ether oxygens (including phenoxy) is 3. The van der Waals surface area contributed by atoms with Gasteiger partial charge in [-0.05, 0) is 38.0 Å². The lowest BCUT2D eigenvalue weighted by molar-refractivity contribution is -0.143. The van der Waals surface area contributed by atoms with Crippen LogP contribution in [-0.2, 0) is 19.1 Å². The van der Waals surface area contributed by atoms with E-state index >= 15 is 0 Å². The standard InChI is InChI=1S/C22H27NO6/c1-3-27-21(25)8-5-11-28-18-7-4-6-17-15-19(29-22(17)18)16(2)14-20(24)23-9-12-26-13-10-23/h4,6-7,14-15H,3,5,8-13H2,1-2H3/b16-14+. The van der Waals surface area contributed by atoms with Gasteiger partial charge in [0.15, 0.2) is 11.3 Å². The first kappa shape index (κ1) is 20.9. The number of carbonyl (C=O) groups is 2. The number of nitrogens with zero attached hydrogens (tertiary/aromatic N) is 1. The second-order valence-corrected chi connectivity index (χ2v) is 6.81. The van der Waals surface area contributed by atoms with Gasteiger partial charge < -0.3 is 23.5 Å². The van der Waals surface area contributed by atoms with Crippen molar-refractivity contribution in [1.82, 2.24) is 4.90 Å². The molecule has 0 radical (unpaired) electrons. The summed E-state index contributed by atoms with van der Waals surface area (Å²) in [5, 5.41) is 0.898. The molecule has 0 atom stereocenters. The fraction of sp³-hybridized carbons (Fsp3) is 0.455. The number of fused-ring (bicyclic) bond motifs is 1. The maximum Gasteiger partial charge on any atom is 0.305 e. The quantitative estimate of drug-likeness (QED) is 0.383. The zero-order chi connectivity index (χ0) is 20.6. The third kappa shape index (κ3) is 5.60. The number of para-hydroxylation sites is 1. The molecular formula is C22H27NO6. The van der Waals surface area contributed by atoms with Crippen LogP contribution in [0, 0.1) is 0 Å². The Morgan fingerprint density at radius 1 is 1.24 bits per heavy atom. The number of hydrogen-bond donors (Lipinski definition) is 0. The van der Waals surface area contributed by atoms with Crippen molar-refractivity contribution in [2.45, 2.75) is 26.7 Å². The van der Waals surface area contributed by atoms with Gasteiger partial charge in [0.05, 0.1) is 26.4 Å². The normalized spacial score (nSPS) is 14.8. The van der Waals surface area contributed by atoms with Crippen molar-refractivity contribution in [2.75, 3.05) is 39.5 Å². The van der Waals surface area contributed by atoms with Crippen molar-refractivity contribution in [3.8, 4) is 5.75 Å². The molecule has 1 aliphatic heterocycles. The van der Waals surface area contributed by atoms with Gasteiger partial charge in [0.2, 0.25) is 5.91 Å². The molecule has 0 unspecified atom stereocenters. The molecule has 7 heteroatoms. The molecule has 1 fully saturated rings. The van der Waals surface area contributed by atoms with Crippen molar-refractivity contribution >= 4 is 28.4 Å². The highest BCUT2D eigenvalue weighted by Gasteiger charge is 2.17. The van der Waals surface area contributed by atoms with E-state index in [9.17, 15) is 9.59 Å². The first-order valence-electron chi connectivity index (χ1n) is 9.94. The largest absolute Gasteiger partial charge is 0.490 e. The molecule has 1 aromatic carbocycles. The van der Waals surface area contributed by atoms with Crippen molar-refractivity contribution in [2.24, 2.45) is 0 Å². The predicted octanol–water partition coefficient (Wildman–Crippen LogP) is 3.42. The number of rotatable bonds is 8. The molecule has 7 nitrogen and oxygen atoms in total. The SMILES string of the molecule is CCOC(=O)CCCOc1cccc2cc(/C(C)=C/C(=O)N3CCOCC3)oc12. The summed E-state index contributed by atoms with van der Waals surface area (Å²) in [6.07, 6.45) is 2.48. The van der Waals surface area contributed by atoms with Crippen LogP contribution in [0.1, 0.15) is 32.4 Å². The van der Waals surface area contributed by atoms with E-state index in [0.29, 0.717) is 69.5 Å². The summed E-state index contributed by atoms with van der Waals surface area (Å²) in [5.74, 6) is 0.982. The maximum atomic E-state index is 12.4. The van der Waals surface area contributed by atoms with Crippen molar-refractivity contribution in [1.29, 1.82) is 0 Å². The van der Waals surface area contributed by atoms with Crippen LogP contribution in [-0.4, -0.2) is 56.3 Å². The van der Waals surface area contributed by atoms with Crippen molar-refractivity contribution in [3.63, 3.8) is 0 Å². The number of esters is 1. The van der Waals surface area contributed by atoms with Gasteiger partial charge >= 0.3 is 5.97 Å². The van der Waals surface area contributed by atoms with Crippen LogP contribution in [0.15, 0.2) is 34.8 Å². The highest BCUT2D eigenvalue weighted by molar-refractivity contribution is 5.96. The molecule has 1 saturated heterocycles. The van der Waals surface area contributed by atoms with E-state index in [-0.39, 0.29) is 11.9 Å². The van der Waals surface area contributed by atoms with Crippen LogP contribution in [0.25, 0.3) is 16.5 Å². The van der Waals surface area contributed by atoms with E-state index in [4.69, 9.17) is 18.6 Å². The molecule has 0 saturated carbocycles. The van der Waals surface area contributed by atoms with Gasteiger partial charge in [-0.1, -0.05) is 12.1 Å². The molecule has 1 amide bonds. The molecule has 0 aliphatic carbocycles. The third-order valence-corrected chi connectivity index (χ3v) is 4.65. The summed E-state index contributed by atoms with van der Waals surface area (Å²) in [4.78, 5) is 25.6. The number of benzene rings is 1. The predicted molar refractivity (Wildman–Crippen MR) is 109 cm³/mol. The minimum Gasteiger partial charge on any atom is -0.490 e. The first-order valence-corrected chi connectivity index (χ1v) is 9.94. The van der Waals surface area contributed by atoms with Gasteiger partial charge in [0.1, 0.15) is 5.76 Å². The Bertz CT molecular complexity index is 879. The second-order valence-electron chi connectivity index (χ2n) is 6.81. The van der Waals surface area contributed by atoms with Gasteiger partial charge in [0, 0.05) is 31.0 Å². The fourth-order valence-electron chi connectivity index (χ4n) is 3.11. The first-order chi connectivity index (χ1) is 14.1. The molecule has 156 valence electrons. The minimum absolute atomic E-state index is 0.0401. The Morgan fingerprint density at radius 3 is 2.79 bits per heavy atom. The smallest absolute Gasteiger partial charge is 0.305 e. The number of furan rings is 1. The minimum atomic E-state index is -0.222. The summed E-state index contributed by atoms with van der Waals surface area (Å²) in [6.45, 7) is 6.76. The van der Waals surface area contributed by atoms with Crippen LogP contribution in [0.2, 0.25) is 0 Å². The number of allylic oxidation sites excluding steroid dienone is 1. The molecule has 29 heavy (non-hydrogen) atoms. The number of morpholine rings is 1. The average molecular weight is 401 g/mol. The fourth-order valence-corrected chi connectivity index (χ4v) is 3.11. The van der Waals surface area contributed by atoms with Crippen molar-refractivity contribution < 1.29 is 28.2 Å². The summed E-state index contributed by atoms with van der Waals surface area (Å²) in [6, 6.07) is 7.56. The summed E-state index contributed by atoms with van der Waals surface area (Å²) in [7, 11) is 0. The van der Waals surface area contributed by atoms with E-state index < -0.39 is 0 Å². The maximum absolute atomic E-state index is 12.4. The Hall–Kier alpha value is -2.80. The van der Waals surface area contributed by atoms with E-state index in [1.807, 2.05) is 31.2 Å². The molecule has 0 N–H and O–H groups in total. The Morgan fingerprint density at radius 2 is 2.03 bits per heavy atom. The molecule has 1 aliphatic rings. The summed E-state index contributed by atoms with van der Waals surface area (Å²) >= 11 is 0. The third-order valence-electron chi connectivity index (χ3n) is 4.65. The monoisotopic (exact) mass is 401 g/mol. The van der Waals surface area contributed by atoms with Crippen LogP contribution in [0.5, 0.6) is 5.75 Å². The molecule has 1 aromatic heterocycles. The lowest BCUT2D eigenvalue weighted by atomic mass is 10.2. The lowest BCUT2D eigenvalue weighted by Gasteiger charge is -2.25. The van der Waals surface area contributed by atoms with Crippen LogP contribution < -0.4 is 4.74 Å². The van der Waals surface area contributed by atoms with Gasteiger partial charge in [0.25, 0.3) is 0 Å². The van der Waals surface area contributed by atoms with E-state index in [1.54, 1.807) is 17.9 Å². The van der Waals surface area contributed by atoms with Gasteiger partial charge in [-0.15, -0.1) is 0 Å². The zero-order valence-corrected chi connectivity index (χ0v) is 16.9. The Balaban J connectivity index is 1.66. The highest BCUT2D eigenvalue weighted by Crippen LogP contribution is 2.31. The topological polar surface area (TPSA) is 78.2 Å². The van der Waals surface area contributed by atoms with Gasteiger partial charge in [-0.3, -0.25) is 9.59 Å². The number of hydrogen-bond acceptors (Lipinski definition) is 6. The summed E-state index contributed by atoms with van der Waals surface area (Å²) < 4.78 is 22.0. The van der Waals surface area contributed by atoms with Crippen LogP contribution >= 0.6 is 0 Å². The molecular weight excluding hydrogens is 374 g/mol. The van der Waals surface area contributed by atoms with Gasteiger partial charge in [-0.25, -0.2) is 0 Å². The van der Waals surface area contributed by atoms with Crippen molar-refractivity contribution in [3.05, 3.63) is 36.1 Å². The van der Waals surface area contributed by atoms with Gasteiger partial charge in [-0.2, -0.15) is 0 Å². The summed E-state index contributed by atoms with van der Waals surface area (Å²) in [5.41, 5.74) is 1.39. The van der Waals surface area contributed by atoms with Crippen LogP contribution in [0.3, 0.4) is 0 Å². The average Bonchev–Trinajstić information content (AvgIpc) is 3.17. The molecule has 0 spiro atoms. The molecule has 0 bridgehead atoms. The van der Waals surface area contributed by atoms with E-state index in [1.165, 1.54) is 0 Å².